The molecule has 6 heteroatoms. The van der Waals surface area contributed by atoms with Crippen molar-refractivity contribution in [3.8, 4) is 0 Å². The molecule has 0 aromatic carbocycles. The van der Waals surface area contributed by atoms with Crippen molar-refractivity contribution >= 4 is 5.91 Å². The zero-order valence-electron chi connectivity index (χ0n) is 31.7. The molecule has 0 radical (unpaired) electrons. The van der Waals surface area contributed by atoms with E-state index in [0.717, 1.165) is 30.6 Å². The summed E-state index contributed by atoms with van der Waals surface area (Å²) in [7, 11) is 0. The molecule has 270 valence electrons. The number of allylic oxidation sites excluding steroid dienone is 5. The van der Waals surface area contributed by atoms with Crippen molar-refractivity contribution in [3.05, 3.63) is 35.5 Å². The molecule has 3 rings (SSSR count). The summed E-state index contributed by atoms with van der Waals surface area (Å²) in [6.45, 7) is 24.6. The lowest BCUT2D eigenvalue weighted by Crippen LogP contribution is -2.36. The molecule has 0 aromatic rings. The van der Waals surface area contributed by atoms with Gasteiger partial charge in [0.15, 0.2) is 0 Å². The van der Waals surface area contributed by atoms with Gasteiger partial charge in [-0.1, -0.05) is 84.3 Å². The molecule has 1 amide bonds. The maximum atomic E-state index is 10.8. The molecule has 3 unspecified atom stereocenters. The fraction of sp³-hybridized carbons (Fsp3) is 0.825. The Morgan fingerprint density at radius 3 is 2.09 bits per heavy atom. The second-order valence-electron chi connectivity index (χ2n) is 15.5. The van der Waals surface area contributed by atoms with Crippen LogP contribution in [0.15, 0.2) is 35.5 Å². The van der Waals surface area contributed by atoms with Gasteiger partial charge in [0.2, 0.25) is 5.91 Å². The lowest BCUT2D eigenvalue weighted by molar-refractivity contribution is -0.124. The molecule has 0 heterocycles. The number of hydrogen-bond acceptors (Lipinski definition) is 5. The summed E-state index contributed by atoms with van der Waals surface area (Å²) in [6.07, 6.45) is 20.8. The maximum Gasteiger partial charge on any atom is 0.222 e. The van der Waals surface area contributed by atoms with Crippen molar-refractivity contribution in [1.29, 1.82) is 0 Å². The van der Waals surface area contributed by atoms with E-state index in [9.17, 15) is 9.90 Å². The second-order valence-corrected chi connectivity index (χ2v) is 15.5. The third kappa shape index (κ3) is 17.1. The molecule has 3 fully saturated rings. The summed E-state index contributed by atoms with van der Waals surface area (Å²) in [5.74, 6) is 2.50. The number of nitrogens with one attached hydrogen (secondary N) is 1. The van der Waals surface area contributed by atoms with E-state index >= 15 is 0 Å². The van der Waals surface area contributed by atoms with Crippen LogP contribution < -0.4 is 5.32 Å². The summed E-state index contributed by atoms with van der Waals surface area (Å²) >= 11 is 0. The van der Waals surface area contributed by atoms with Crippen LogP contribution >= 0.6 is 0 Å². The Morgan fingerprint density at radius 2 is 1.57 bits per heavy atom. The van der Waals surface area contributed by atoms with E-state index in [-0.39, 0.29) is 25.0 Å². The van der Waals surface area contributed by atoms with Gasteiger partial charge in [-0.05, 0) is 127 Å². The molecular weight excluding hydrogens is 574 g/mol. The summed E-state index contributed by atoms with van der Waals surface area (Å²) < 4.78 is 0. The van der Waals surface area contributed by atoms with Gasteiger partial charge in [-0.3, -0.25) is 4.79 Å². The normalized spacial score (nSPS) is 25.4. The van der Waals surface area contributed by atoms with E-state index in [4.69, 9.17) is 15.3 Å². The highest BCUT2D eigenvalue weighted by atomic mass is 16.3. The van der Waals surface area contributed by atoms with Crippen LogP contribution in [0.5, 0.6) is 0 Å². The number of aliphatic hydroxyl groups excluding tert-OH is 2. The predicted octanol–water partition coefficient (Wildman–Crippen LogP) is 8.68. The molecule has 46 heavy (non-hydrogen) atoms. The van der Waals surface area contributed by atoms with E-state index in [2.05, 4.69) is 37.9 Å². The minimum absolute atomic E-state index is 0.0405. The summed E-state index contributed by atoms with van der Waals surface area (Å²) in [4.78, 5) is 10.8. The Morgan fingerprint density at radius 1 is 0.957 bits per heavy atom. The highest BCUT2D eigenvalue weighted by molar-refractivity contribution is 5.77. The highest BCUT2D eigenvalue weighted by Crippen LogP contribution is 2.60. The first-order chi connectivity index (χ1) is 21.4. The molecule has 0 aromatic heterocycles. The lowest BCUT2D eigenvalue weighted by Gasteiger charge is -2.44. The number of amides is 1. The first kappa shape index (κ1) is 44.5. The number of carbonyl (C=O) groups excluding carboxylic acids is 1. The predicted molar refractivity (Wildman–Crippen MR) is 196 cm³/mol. The van der Waals surface area contributed by atoms with Crippen molar-refractivity contribution in [2.75, 3.05) is 19.8 Å². The van der Waals surface area contributed by atoms with Crippen LogP contribution in [0.4, 0.5) is 0 Å². The Labute approximate surface area is 284 Å². The van der Waals surface area contributed by atoms with Crippen LogP contribution in [0.1, 0.15) is 153 Å². The molecule has 0 spiro atoms. The zero-order valence-corrected chi connectivity index (χ0v) is 31.7. The fourth-order valence-electron chi connectivity index (χ4n) is 7.17. The second kappa shape index (κ2) is 22.2. The molecule has 3 aliphatic carbocycles. The van der Waals surface area contributed by atoms with Crippen LogP contribution in [0, 0.1) is 29.1 Å². The van der Waals surface area contributed by atoms with Gasteiger partial charge in [-0.2, -0.15) is 0 Å². The van der Waals surface area contributed by atoms with Crippen LogP contribution in [-0.2, 0) is 4.79 Å². The Kier molecular flexibility index (Phi) is 21.5. The quantitative estimate of drug-likeness (QED) is 0.144. The molecule has 3 saturated carbocycles. The number of fused-ring (bicyclic) bond motifs is 1. The summed E-state index contributed by atoms with van der Waals surface area (Å²) in [6, 6.07) is 0. The number of hydrogen-bond donors (Lipinski definition) is 5. The van der Waals surface area contributed by atoms with E-state index in [0.29, 0.717) is 18.4 Å². The van der Waals surface area contributed by atoms with Crippen LogP contribution in [-0.4, -0.2) is 57.3 Å². The zero-order chi connectivity index (χ0) is 35.6. The first-order valence-electron chi connectivity index (χ1n) is 18.5. The van der Waals surface area contributed by atoms with Crippen molar-refractivity contribution in [2.45, 2.75) is 164 Å². The molecule has 6 nitrogen and oxygen atoms in total. The van der Waals surface area contributed by atoms with E-state index in [1.54, 1.807) is 19.4 Å². The van der Waals surface area contributed by atoms with Gasteiger partial charge in [0.1, 0.15) is 0 Å². The highest BCUT2D eigenvalue weighted by Gasteiger charge is 2.50. The number of rotatable bonds is 11. The lowest BCUT2D eigenvalue weighted by atomic mass is 9.60. The Balaban J connectivity index is 0.000000929. The standard InChI is InChI=1S/C27H44O.C7H15NO2.C4H10O2.C2H6/c1-20-10-6-7-12-22(20)14-15-23-13-9-19-27(5)24(16-17-25(23)27)21(2)11-8-18-26(3,4)28;1-6(2)7(10)8-4-3-5-9;1-4(2,6)3-5;1-2/h14-15,21,24-25,28H,1,6-13,16-19H2,2-5H3;6,9H,3-5H2,1-2H3,(H,8,10);5-6H,3H2,1-2H3;1-2H3/b22-14-,23-15+;;;/t21-,24?,25?,27?;;;/m1.../s1. The number of aliphatic hydroxyl groups is 4. The van der Waals surface area contributed by atoms with Crippen molar-refractivity contribution in [2.24, 2.45) is 29.1 Å². The van der Waals surface area contributed by atoms with Crippen LogP contribution in [0.25, 0.3) is 0 Å². The smallest absolute Gasteiger partial charge is 0.222 e. The van der Waals surface area contributed by atoms with E-state index < -0.39 is 11.2 Å². The third-order valence-corrected chi connectivity index (χ3v) is 9.85. The molecule has 4 atom stereocenters. The largest absolute Gasteiger partial charge is 0.396 e. The molecule has 5 N–H and O–H groups in total. The summed E-state index contributed by atoms with van der Waals surface area (Å²) in [5, 5.41) is 37.8. The van der Waals surface area contributed by atoms with Crippen LogP contribution in [0.2, 0.25) is 0 Å². The average molecular weight is 650 g/mol. The van der Waals surface area contributed by atoms with Crippen molar-refractivity contribution in [3.63, 3.8) is 0 Å². The fourth-order valence-corrected chi connectivity index (χ4v) is 7.17. The van der Waals surface area contributed by atoms with Crippen molar-refractivity contribution in [1.82, 2.24) is 5.32 Å². The average Bonchev–Trinajstić information content (AvgIpc) is 3.35. The molecule has 0 aliphatic heterocycles. The first-order valence-corrected chi connectivity index (χ1v) is 18.5. The van der Waals surface area contributed by atoms with Gasteiger partial charge >= 0.3 is 0 Å². The van der Waals surface area contributed by atoms with E-state index in [1.165, 1.54) is 75.4 Å². The molecule has 0 bridgehead atoms. The SMILES string of the molecule is C=C1CCCC/C1=C/C=C1\CCCC2(C)C1CCC2[C@H](C)CCCC(C)(C)O.CC.CC(C)(O)CO.CC(C)C(=O)NCCCO. The van der Waals surface area contributed by atoms with Gasteiger partial charge in [0.05, 0.1) is 17.8 Å². The monoisotopic (exact) mass is 650 g/mol. The maximum absolute atomic E-state index is 10.8. The minimum Gasteiger partial charge on any atom is -0.396 e. The summed E-state index contributed by atoms with van der Waals surface area (Å²) in [5.41, 5.74) is 3.69. The van der Waals surface area contributed by atoms with Gasteiger partial charge in [-0.25, -0.2) is 0 Å². The van der Waals surface area contributed by atoms with Gasteiger partial charge < -0.3 is 25.7 Å². The molecule has 3 aliphatic rings. The number of carbonyl (C=O) groups is 1. The Bertz CT molecular complexity index is 923. The Hall–Kier alpha value is -1.47. The topological polar surface area (TPSA) is 110 Å². The van der Waals surface area contributed by atoms with Crippen LogP contribution in [0.3, 0.4) is 0 Å². The van der Waals surface area contributed by atoms with Crippen molar-refractivity contribution < 1.29 is 25.2 Å². The third-order valence-electron chi connectivity index (χ3n) is 9.85. The molecular formula is C40H75NO5. The van der Waals surface area contributed by atoms with E-state index in [1.807, 2.05) is 41.5 Å². The van der Waals surface area contributed by atoms with Gasteiger partial charge in [0, 0.05) is 19.1 Å². The van der Waals surface area contributed by atoms with Gasteiger partial charge in [-0.15, -0.1) is 0 Å². The minimum atomic E-state index is -0.903. The molecule has 0 saturated heterocycles. The van der Waals surface area contributed by atoms with Gasteiger partial charge in [0.25, 0.3) is 0 Å².